The Balaban J connectivity index is 2.24. The van der Waals surface area contributed by atoms with Gasteiger partial charge < -0.3 is 5.11 Å². The summed E-state index contributed by atoms with van der Waals surface area (Å²) in [6.07, 6.45) is 0.931. The molecule has 0 saturated heterocycles. The number of hydrogen-bond donors (Lipinski definition) is 1. The van der Waals surface area contributed by atoms with E-state index in [1.807, 2.05) is 22.9 Å². The summed E-state index contributed by atoms with van der Waals surface area (Å²) in [7, 11) is 0. The smallest absolute Gasteiger partial charge is 0.0856 e. The van der Waals surface area contributed by atoms with Crippen LogP contribution in [0.1, 0.15) is 36.9 Å². The first-order chi connectivity index (χ1) is 9.55. The van der Waals surface area contributed by atoms with Crippen molar-refractivity contribution >= 4 is 31.9 Å². The Labute approximate surface area is 136 Å². The number of aromatic nitrogens is 2. The van der Waals surface area contributed by atoms with Gasteiger partial charge in [0.15, 0.2) is 0 Å². The van der Waals surface area contributed by atoms with Gasteiger partial charge in [-0.05, 0) is 43.2 Å². The molecule has 20 heavy (non-hydrogen) atoms. The molecule has 3 nitrogen and oxygen atoms in total. The average Bonchev–Trinajstić information content (AvgIpc) is 2.83. The summed E-state index contributed by atoms with van der Waals surface area (Å²) >= 11 is 6.94. The van der Waals surface area contributed by atoms with Crippen molar-refractivity contribution in [1.29, 1.82) is 0 Å². The first-order valence-electron chi connectivity index (χ1n) is 6.73. The van der Waals surface area contributed by atoms with Crippen molar-refractivity contribution in [2.45, 2.75) is 39.3 Å². The number of rotatable bonds is 5. The molecule has 2 aromatic rings. The summed E-state index contributed by atoms with van der Waals surface area (Å²) in [6, 6.07) is 7.92. The van der Waals surface area contributed by atoms with Crippen molar-refractivity contribution in [1.82, 2.24) is 9.78 Å². The summed E-state index contributed by atoms with van der Waals surface area (Å²) in [5.41, 5.74) is 3.03. The zero-order valence-corrected chi connectivity index (χ0v) is 14.8. The topological polar surface area (TPSA) is 38.0 Å². The van der Waals surface area contributed by atoms with E-state index >= 15 is 0 Å². The lowest BCUT2D eigenvalue weighted by Gasteiger charge is -2.14. The zero-order valence-electron chi connectivity index (χ0n) is 11.6. The summed E-state index contributed by atoms with van der Waals surface area (Å²) in [5, 5.41) is 15.0. The Hall–Kier alpha value is -0.650. The number of benzene rings is 1. The van der Waals surface area contributed by atoms with Crippen molar-refractivity contribution in [2.24, 2.45) is 0 Å². The van der Waals surface area contributed by atoms with E-state index in [1.54, 1.807) is 0 Å². The van der Waals surface area contributed by atoms with Crippen LogP contribution in [0.25, 0.3) is 0 Å². The average molecular weight is 402 g/mol. The maximum Gasteiger partial charge on any atom is 0.0856 e. The molecule has 108 valence electrons. The molecule has 1 atom stereocenters. The van der Waals surface area contributed by atoms with E-state index in [4.69, 9.17) is 0 Å². The van der Waals surface area contributed by atoms with Crippen LogP contribution < -0.4 is 0 Å². The molecular formula is C15H18Br2N2O. The molecule has 0 amide bonds. The highest BCUT2D eigenvalue weighted by molar-refractivity contribution is 9.11. The van der Waals surface area contributed by atoms with Gasteiger partial charge in [0.2, 0.25) is 0 Å². The van der Waals surface area contributed by atoms with Gasteiger partial charge in [0.25, 0.3) is 0 Å². The predicted octanol–water partition coefficient (Wildman–Crippen LogP) is 4.27. The largest absolute Gasteiger partial charge is 0.388 e. The molecule has 1 heterocycles. The lowest BCUT2D eigenvalue weighted by Crippen LogP contribution is -2.09. The van der Waals surface area contributed by atoms with Gasteiger partial charge in [0.1, 0.15) is 0 Å². The first kappa shape index (κ1) is 15.7. The fourth-order valence-corrected chi connectivity index (χ4v) is 3.09. The van der Waals surface area contributed by atoms with Crippen LogP contribution in [0.5, 0.6) is 0 Å². The normalized spacial score (nSPS) is 12.7. The van der Waals surface area contributed by atoms with Crippen LogP contribution in [0.15, 0.2) is 33.2 Å². The molecule has 0 aliphatic carbocycles. The number of aliphatic hydroxyl groups is 1. The van der Waals surface area contributed by atoms with E-state index in [0.717, 1.165) is 38.9 Å². The van der Waals surface area contributed by atoms with Crippen LogP contribution in [-0.2, 0) is 19.4 Å². The molecule has 1 aromatic heterocycles. The molecule has 0 radical (unpaired) electrons. The van der Waals surface area contributed by atoms with Gasteiger partial charge in [0.05, 0.1) is 11.8 Å². The number of aryl methyl sites for hydroxylation is 2. The number of nitrogens with zero attached hydrogens (tertiary/aromatic N) is 2. The molecule has 2 rings (SSSR count). The minimum Gasteiger partial charge on any atom is -0.388 e. The van der Waals surface area contributed by atoms with E-state index in [0.29, 0.717) is 6.42 Å². The summed E-state index contributed by atoms with van der Waals surface area (Å²) < 4.78 is 3.85. The lowest BCUT2D eigenvalue weighted by atomic mass is 10.0. The van der Waals surface area contributed by atoms with Crippen LogP contribution in [-0.4, -0.2) is 14.9 Å². The van der Waals surface area contributed by atoms with E-state index in [-0.39, 0.29) is 0 Å². The van der Waals surface area contributed by atoms with Gasteiger partial charge in [-0.25, -0.2) is 0 Å². The molecule has 1 N–H and O–H groups in total. The summed E-state index contributed by atoms with van der Waals surface area (Å²) in [5.74, 6) is 0. The quantitative estimate of drug-likeness (QED) is 0.812. The standard InChI is InChI=1S/C15H18Br2N2O/c1-3-11-8-12(19(4-2)18-11)9-15(20)13-7-10(16)5-6-14(13)17/h5-8,15,20H,3-4,9H2,1-2H3. The summed E-state index contributed by atoms with van der Waals surface area (Å²) in [6.45, 7) is 4.98. The zero-order chi connectivity index (χ0) is 14.7. The van der Waals surface area contributed by atoms with Gasteiger partial charge in [-0.1, -0.05) is 38.8 Å². The minimum atomic E-state index is -0.548. The molecule has 0 aliphatic rings. The number of halogens is 2. The second kappa shape index (κ2) is 6.87. The molecule has 1 aromatic carbocycles. The molecule has 1 unspecified atom stereocenters. The third kappa shape index (κ3) is 3.51. The fourth-order valence-electron chi connectivity index (χ4n) is 2.20. The van der Waals surface area contributed by atoms with Crippen LogP contribution in [0.3, 0.4) is 0 Å². The SMILES string of the molecule is CCc1cc(CC(O)c2cc(Br)ccc2Br)n(CC)n1. The van der Waals surface area contributed by atoms with Gasteiger partial charge in [-0.2, -0.15) is 5.10 Å². The molecule has 5 heteroatoms. The van der Waals surface area contributed by atoms with Crippen molar-refractivity contribution in [3.63, 3.8) is 0 Å². The maximum absolute atomic E-state index is 10.5. The molecule has 0 aliphatic heterocycles. The maximum atomic E-state index is 10.5. The van der Waals surface area contributed by atoms with Crippen LogP contribution >= 0.6 is 31.9 Å². The molecule has 0 spiro atoms. The first-order valence-corrected chi connectivity index (χ1v) is 8.32. The van der Waals surface area contributed by atoms with Gasteiger partial charge in [-0.3, -0.25) is 4.68 Å². The van der Waals surface area contributed by atoms with Crippen LogP contribution in [0.2, 0.25) is 0 Å². The Kier molecular flexibility index (Phi) is 5.41. The second-order valence-electron chi connectivity index (χ2n) is 4.68. The van der Waals surface area contributed by atoms with Crippen LogP contribution in [0, 0.1) is 0 Å². The van der Waals surface area contributed by atoms with E-state index in [2.05, 4.69) is 56.9 Å². The Bertz CT molecular complexity index is 596. The Morgan fingerprint density at radius 3 is 2.65 bits per heavy atom. The summed E-state index contributed by atoms with van der Waals surface area (Å²) in [4.78, 5) is 0. The number of hydrogen-bond acceptors (Lipinski definition) is 2. The van der Waals surface area contributed by atoms with Crippen molar-refractivity contribution in [3.05, 3.63) is 50.2 Å². The molecule has 0 fully saturated rings. The van der Waals surface area contributed by atoms with E-state index in [1.165, 1.54) is 0 Å². The Morgan fingerprint density at radius 1 is 1.25 bits per heavy atom. The highest BCUT2D eigenvalue weighted by Gasteiger charge is 2.16. The highest BCUT2D eigenvalue weighted by atomic mass is 79.9. The van der Waals surface area contributed by atoms with E-state index in [9.17, 15) is 5.11 Å². The molecule has 0 bridgehead atoms. The lowest BCUT2D eigenvalue weighted by molar-refractivity contribution is 0.174. The van der Waals surface area contributed by atoms with Gasteiger partial charge in [0, 0.05) is 27.6 Å². The van der Waals surface area contributed by atoms with Gasteiger partial charge in [-0.15, -0.1) is 0 Å². The fraction of sp³-hybridized carbons (Fsp3) is 0.400. The number of aliphatic hydroxyl groups excluding tert-OH is 1. The predicted molar refractivity (Wildman–Crippen MR) is 87.8 cm³/mol. The van der Waals surface area contributed by atoms with Crippen molar-refractivity contribution < 1.29 is 5.11 Å². The van der Waals surface area contributed by atoms with Crippen LogP contribution in [0.4, 0.5) is 0 Å². The van der Waals surface area contributed by atoms with Crippen molar-refractivity contribution in [2.75, 3.05) is 0 Å². The molecule has 0 saturated carbocycles. The third-order valence-electron chi connectivity index (χ3n) is 3.30. The second-order valence-corrected chi connectivity index (χ2v) is 6.45. The highest BCUT2D eigenvalue weighted by Crippen LogP contribution is 2.29. The third-order valence-corrected chi connectivity index (χ3v) is 4.51. The van der Waals surface area contributed by atoms with E-state index < -0.39 is 6.10 Å². The Morgan fingerprint density at radius 2 is 2.00 bits per heavy atom. The monoisotopic (exact) mass is 400 g/mol. The van der Waals surface area contributed by atoms with Crippen molar-refractivity contribution in [3.8, 4) is 0 Å². The minimum absolute atomic E-state index is 0.548. The van der Waals surface area contributed by atoms with Gasteiger partial charge >= 0.3 is 0 Å². The molecular weight excluding hydrogens is 384 g/mol.